The number of halogens is 2. The van der Waals surface area contributed by atoms with Crippen LogP contribution in [-0.4, -0.2) is 35.2 Å². The fraction of sp³-hybridized carbons (Fsp3) is 0.273. The summed E-state index contributed by atoms with van der Waals surface area (Å²) in [5.41, 5.74) is 0.285. The van der Waals surface area contributed by atoms with Crippen molar-refractivity contribution in [1.29, 1.82) is 0 Å². The lowest BCUT2D eigenvalue weighted by Crippen LogP contribution is -2.23. The number of carbonyl (C=O) groups excluding carboxylic acids is 3. The highest BCUT2D eigenvalue weighted by Gasteiger charge is 2.25. The summed E-state index contributed by atoms with van der Waals surface area (Å²) >= 11 is 0. The summed E-state index contributed by atoms with van der Waals surface area (Å²) in [4.78, 5) is 44.7. The normalized spacial score (nSPS) is 10.9. The zero-order valence-corrected chi connectivity index (χ0v) is 16.6. The third kappa shape index (κ3) is 7.90. The maximum Gasteiger partial charge on any atom is 0.314 e. The number of benzene rings is 2. The number of hydrogen-bond acceptors (Lipinski definition) is 5. The van der Waals surface area contributed by atoms with Crippen LogP contribution in [0.15, 0.2) is 48.5 Å². The smallest absolute Gasteiger partial charge is 0.314 e. The number of carbonyl (C=O) groups is 4. The van der Waals surface area contributed by atoms with Crippen LogP contribution in [0, 0.1) is 17.6 Å². The quantitative estimate of drug-likeness (QED) is 0.393. The van der Waals surface area contributed by atoms with E-state index in [1.165, 1.54) is 36.4 Å². The van der Waals surface area contributed by atoms with Gasteiger partial charge in [0.05, 0.1) is 6.61 Å². The van der Waals surface area contributed by atoms with Crippen molar-refractivity contribution in [3.8, 4) is 0 Å². The van der Waals surface area contributed by atoms with E-state index >= 15 is 0 Å². The van der Waals surface area contributed by atoms with E-state index in [-0.39, 0.29) is 30.6 Å². The first-order valence-corrected chi connectivity index (χ1v) is 9.16. The van der Waals surface area contributed by atoms with Crippen molar-refractivity contribution in [2.75, 3.05) is 6.61 Å². The van der Waals surface area contributed by atoms with Crippen molar-refractivity contribution in [3.63, 3.8) is 0 Å². The molecule has 0 aliphatic carbocycles. The average Bonchev–Trinajstić information content (AvgIpc) is 2.69. The van der Waals surface area contributed by atoms with E-state index < -0.39 is 41.1 Å². The molecule has 0 saturated carbocycles. The second kappa shape index (κ2) is 12.2. The third-order valence-corrected chi connectivity index (χ3v) is 3.89. The number of carboxylic acid groups (broad SMARTS) is 1. The first-order valence-electron chi connectivity index (χ1n) is 9.16. The van der Waals surface area contributed by atoms with E-state index in [0.717, 1.165) is 12.1 Å². The molecule has 0 aliphatic heterocycles. The lowest BCUT2D eigenvalue weighted by atomic mass is 9.95. The Morgan fingerprint density at radius 1 is 0.933 bits per heavy atom. The largest absolute Gasteiger partial charge is 0.481 e. The first kappa shape index (κ1) is 24.6. The molecule has 0 aliphatic rings. The molecule has 1 unspecified atom stereocenters. The van der Waals surface area contributed by atoms with Crippen LogP contribution in [0.4, 0.5) is 8.78 Å². The van der Waals surface area contributed by atoms with Crippen molar-refractivity contribution >= 4 is 23.5 Å². The van der Waals surface area contributed by atoms with Crippen molar-refractivity contribution in [2.24, 2.45) is 5.92 Å². The molecule has 0 bridgehead atoms. The van der Waals surface area contributed by atoms with Gasteiger partial charge in [0.2, 0.25) is 0 Å². The second-order valence-electron chi connectivity index (χ2n) is 6.09. The molecular weight excluding hydrogens is 398 g/mol. The maximum atomic E-state index is 12.8. The van der Waals surface area contributed by atoms with Gasteiger partial charge in [-0.15, -0.1) is 0 Å². The van der Waals surface area contributed by atoms with E-state index in [1.54, 1.807) is 13.8 Å². The van der Waals surface area contributed by atoms with Crippen LogP contribution in [-0.2, 0) is 14.3 Å². The van der Waals surface area contributed by atoms with Gasteiger partial charge in [-0.05, 0) is 37.6 Å². The summed E-state index contributed by atoms with van der Waals surface area (Å²) in [6, 6.07) is 10.3. The van der Waals surface area contributed by atoms with Gasteiger partial charge in [0, 0.05) is 11.1 Å². The predicted octanol–water partition coefficient (Wildman–Crippen LogP) is 4.08. The zero-order valence-electron chi connectivity index (χ0n) is 16.6. The molecule has 6 nitrogen and oxygen atoms in total. The number of Topliss-reactive ketones (excluding diaryl/α,β-unsaturated/α-hetero) is 2. The number of ether oxygens (including phenoxy) is 1. The molecule has 0 aromatic heterocycles. The molecule has 30 heavy (non-hydrogen) atoms. The van der Waals surface area contributed by atoms with Crippen molar-refractivity contribution in [1.82, 2.24) is 0 Å². The zero-order chi connectivity index (χ0) is 22.7. The molecule has 0 spiro atoms. The fourth-order valence-electron chi connectivity index (χ4n) is 2.42. The molecule has 2 rings (SSSR count). The van der Waals surface area contributed by atoms with Crippen LogP contribution in [0.2, 0.25) is 0 Å². The van der Waals surface area contributed by atoms with Crippen LogP contribution >= 0.6 is 0 Å². The number of ketones is 2. The minimum Gasteiger partial charge on any atom is -0.481 e. The van der Waals surface area contributed by atoms with Gasteiger partial charge in [-0.25, -0.2) is 8.78 Å². The van der Waals surface area contributed by atoms with E-state index in [4.69, 9.17) is 5.11 Å². The number of carboxylic acids is 1. The lowest BCUT2D eigenvalue weighted by molar-refractivity contribution is -0.142. The molecule has 1 N–H and O–H groups in total. The van der Waals surface area contributed by atoms with Crippen LogP contribution in [0.1, 0.15) is 47.4 Å². The van der Waals surface area contributed by atoms with Crippen LogP contribution in [0.3, 0.4) is 0 Å². The molecule has 2 aromatic carbocycles. The minimum atomic E-state index is -1.17. The van der Waals surface area contributed by atoms with Gasteiger partial charge in [-0.1, -0.05) is 31.2 Å². The highest BCUT2D eigenvalue weighted by atomic mass is 19.1. The topological polar surface area (TPSA) is 97.7 Å². The Labute approximate surface area is 172 Å². The minimum absolute atomic E-state index is 0.101. The Morgan fingerprint density at radius 3 is 1.93 bits per heavy atom. The molecule has 0 heterocycles. The van der Waals surface area contributed by atoms with E-state index in [0.29, 0.717) is 0 Å². The number of esters is 1. The third-order valence-electron chi connectivity index (χ3n) is 3.89. The Hall–Kier alpha value is -3.42. The number of aliphatic carboxylic acids is 1. The van der Waals surface area contributed by atoms with Gasteiger partial charge < -0.3 is 9.84 Å². The number of rotatable bonds is 8. The molecule has 8 heteroatoms. The van der Waals surface area contributed by atoms with Crippen LogP contribution < -0.4 is 0 Å². The summed E-state index contributed by atoms with van der Waals surface area (Å²) in [7, 11) is 0. The van der Waals surface area contributed by atoms with Gasteiger partial charge in [-0.2, -0.15) is 0 Å². The van der Waals surface area contributed by atoms with Crippen LogP contribution in [0.5, 0.6) is 0 Å². The van der Waals surface area contributed by atoms with Gasteiger partial charge in [0.15, 0.2) is 11.6 Å². The first-order chi connectivity index (χ1) is 14.2. The Balaban J connectivity index is 0.000000300. The van der Waals surface area contributed by atoms with Gasteiger partial charge in [-0.3, -0.25) is 19.2 Å². The molecule has 160 valence electrons. The van der Waals surface area contributed by atoms with Crippen molar-refractivity contribution in [2.45, 2.75) is 26.7 Å². The molecule has 0 saturated heterocycles. The molecule has 0 amide bonds. The number of hydrogen-bond donors (Lipinski definition) is 1. The standard InChI is InChI=1S/2C11H11FO3/c1-2-15-11(14)7-10(13)8-4-3-5-9(12)6-8;1-2-9(11(14)15)10(13)7-4-3-5-8(12)6-7/h3-6H,2,7H2,1H3;3-6,9H,2H2,1H3,(H,14,15). The molecule has 1 atom stereocenters. The molecule has 0 radical (unpaired) electrons. The van der Waals surface area contributed by atoms with Gasteiger partial charge >= 0.3 is 11.9 Å². The highest BCUT2D eigenvalue weighted by Crippen LogP contribution is 2.14. The monoisotopic (exact) mass is 420 g/mol. The summed E-state index contributed by atoms with van der Waals surface area (Å²) in [6.07, 6.45) is -0.151. The Morgan fingerprint density at radius 2 is 1.47 bits per heavy atom. The van der Waals surface area contributed by atoms with Gasteiger partial charge in [0.25, 0.3) is 0 Å². The highest BCUT2D eigenvalue weighted by molar-refractivity contribution is 6.08. The predicted molar refractivity (Wildman–Crippen MR) is 104 cm³/mol. The fourth-order valence-corrected chi connectivity index (χ4v) is 2.42. The van der Waals surface area contributed by atoms with Crippen molar-refractivity contribution in [3.05, 3.63) is 71.3 Å². The van der Waals surface area contributed by atoms with E-state index in [9.17, 15) is 28.0 Å². The van der Waals surface area contributed by atoms with E-state index in [2.05, 4.69) is 4.74 Å². The second-order valence-corrected chi connectivity index (χ2v) is 6.09. The molecule has 0 fully saturated rings. The summed E-state index contributed by atoms with van der Waals surface area (Å²) < 4.78 is 30.2. The average molecular weight is 420 g/mol. The maximum absolute atomic E-state index is 12.8. The summed E-state index contributed by atoms with van der Waals surface area (Å²) in [6.45, 7) is 3.50. The molecular formula is C22H22F2O6. The summed E-state index contributed by atoms with van der Waals surface area (Å²) in [5, 5.41) is 8.76. The van der Waals surface area contributed by atoms with Crippen molar-refractivity contribution < 1.29 is 37.8 Å². The summed E-state index contributed by atoms with van der Waals surface area (Å²) in [5.74, 6) is -4.88. The Bertz CT molecular complexity index is 908. The molecule has 2 aromatic rings. The SMILES string of the molecule is CCC(C(=O)O)C(=O)c1cccc(F)c1.CCOC(=O)CC(=O)c1cccc(F)c1. The van der Waals surface area contributed by atoms with Crippen LogP contribution in [0.25, 0.3) is 0 Å². The lowest BCUT2D eigenvalue weighted by Gasteiger charge is -2.08. The Kier molecular flexibility index (Phi) is 10.0. The van der Waals surface area contributed by atoms with E-state index in [1.807, 2.05) is 0 Å². The van der Waals surface area contributed by atoms with Gasteiger partial charge in [0.1, 0.15) is 24.0 Å².